The second-order valence-electron chi connectivity index (χ2n) is 9.25. The summed E-state index contributed by atoms with van der Waals surface area (Å²) in [7, 11) is 0. The van der Waals surface area contributed by atoms with Gasteiger partial charge in [0.2, 0.25) is 0 Å². The second-order valence-corrected chi connectivity index (χ2v) is 9.63. The maximum absolute atomic E-state index is 13.4. The first-order chi connectivity index (χ1) is 13.7. The highest BCUT2D eigenvalue weighted by atomic mass is 32.1. The maximum atomic E-state index is 13.4. The van der Waals surface area contributed by atoms with Crippen LogP contribution in [-0.2, 0) is 0 Å². The van der Waals surface area contributed by atoms with Crippen molar-refractivity contribution in [3.05, 3.63) is 70.0 Å². The van der Waals surface area contributed by atoms with Crippen molar-refractivity contribution in [2.24, 2.45) is 0 Å². The maximum Gasteiger partial charge on any atom is 0.123 e. The molecule has 1 aliphatic heterocycles. The molecule has 1 heterocycles. The topological polar surface area (TPSA) is 3.24 Å². The number of benzene rings is 2. The van der Waals surface area contributed by atoms with E-state index in [9.17, 15) is 4.39 Å². The Labute approximate surface area is 181 Å². The van der Waals surface area contributed by atoms with Crippen LogP contribution in [-0.4, -0.2) is 16.4 Å². The normalized spacial score (nSPS) is 17.0. The van der Waals surface area contributed by atoms with Crippen molar-refractivity contribution in [1.82, 2.24) is 4.90 Å². The molecule has 0 aromatic heterocycles. The standard InChI is InChI=1S/C26H34FNS/c1-16(2)20-14-22(17(3)4)25(23(15-20)18(5)6)26(29)28-13-7-8-24(28)19-9-11-21(27)12-10-19/h9-12,14-18,24H,7-8,13H2,1-6H3/t24-/m1/s1. The van der Waals surface area contributed by atoms with Crippen LogP contribution in [0.15, 0.2) is 36.4 Å². The van der Waals surface area contributed by atoms with Crippen LogP contribution in [0.2, 0.25) is 0 Å². The van der Waals surface area contributed by atoms with Crippen molar-refractivity contribution < 1.29 is 4.39 Å². The minimum absolute atomic E-state index is 0.186. The van der Waals surface area contributed by atoms with Crippen LogP contribution in [0.3, 0.4) is 0 Å². The molecule has 0 unspecified atom stereocenters. The molecule has 0 bridgehead atoms. The average molecular weight is 412 g/mol. The molecule has 1 nitrogen and oxygen atoms in total. The van der Waals surface area contributed by atoms with Crippen LogP contribution in [0.1, 0.15) is 106 Å². The quantitative estimate of drug-likeness (QED) is 0.464. The predicted molar refractivity (Wildman–Crippen MR) is 125 cm³/mol. The highest BCUT2D eigenvalue weighted by molar-refractivity contribution is 7.80. The van der Waals surface area contributed by atoms with Gasteiger partial charge in [-0.1, -0.05) is 78.0 Å². The van der Waals surface area contributed by atoms with E-state index in [1.54, 1.807) is 12.1 Å². The summed E-state index contributed by atoms with van der Waals surface area (Å²) in [4.78, 5) is 3.34. The van der Waals surface area contributed by atoms with E-state index in [1.165, 1.54) is 22.3 Å². The van der Waals surface area contributed by atoms with E-state index in [-0.39, 0.29) is 11.9 Å². The summed E-state index contributed by atoms with van der Waals surface area (Å²) >= 11 is 6.16. The summed E-state index contributed by atoms with van der Waals surface area (Å²) in [6.07, 6.45) is 2.17. The fourth-order valence-electron chi connectivity index (χ4n) is 4.39. The first-order valence-corrected chi connectivity index (χ1v) is 11.4. The Kier molecular flexibility index (Phi) is 6.78. The van der Waals surface area contributed by atoms with Gasteiger partial charge >= 0.3 is 0 Å². The van der Waals surface area contributed by atoms with E-state index in [4.69, 9.17) is 12.2 Å². The lowest BCUT2D eigenvalue weighted by molar-refractivity contribution is 0.406. The molecule has 2 aromatic carbocycles. The van der Waals surface area contributed by atoms with E-state index in [1.807, 2.05) is 12.1 Å². The Balaban J connectivity index is 2.08. The summed E-state index contributed by atoms with van der Waals surface area (Å²) in [6, 6.07) is 11.9. The van der Waals surface area contributed by atoms with Gasteiger partial charge < -0.3 is 4.90 Å². The number of hydrogen-bond acceptors (Lipinski definition) is 1. The third-order valence-electron chi connectivity index (χ3n) is 6.11. The number of likely N-dealkylation sites (tertiary alicyclic amines) is 1. The zero-order valence-corrected chi connectivity index (χ0v) is 19.4. The van der Waals surface area contributed by atoms with Gasteiger partial charge in [0, 0.05) is 12.1 Å². The minimum Gasteiger partial charge on any atom is -0.355 e. The van der Waals surface area contributed by atoms with Gasteiger partial charge in [-0.05, 0) is 65.0 Å². The molecular formula is C26H34FNS. The SMILES string of the molecule is CC(C)c1cc(C(C)C)c(C(=S)N2CCC[C@@H]2c2ccc(F)cc2)c(C(C)C)c1. The molecule has 1 fully saturated rings. The van der Waals surface area contributed by atoms with Gasteiger partial charge in [0.05, 0.1) is 6.04 Å². The molecule has 1 saturated heterocycles. The third kappa shape index (κ3) is 4.55. The van der Waals surface area contributed by atoms with Crippen LogP contribution in [0.5, 0.6) is 0 Å². The zero-order valence-electron chi connectivity index (χ0n) is 18.6. The molecule has 2 aromatic rings. The predicted octanol–water partition coefficient (Wildman–Crippen LogP) is 7.71. The minimum atomic E-state index is -0.186. The molecule has 1 atom stereocenters. The fraction of sp³-hybridized carbons (Fsp3) is 0.500. The number of hydrogen-bond donors (Lipinski definition) is 0. The average Bonchev–Trinajstić information content (AvgIpc) is 3.16. The highest BCUT2D eigenvalue weighted by Gasteiger charge is 2.31. The van der Waals surface area contributed by atoms with Gasteiger partial charge in [0.1, 0.15) is 10.8 Å². The number of nitrogens with zero attached hydrogens (tertiary/aromatic N) is 1. The van der Waals surface area contributed by atoms with Gasteiger partial charge in [-0.3, -0.25) is 0 Å². The summed E-state index contributed by atoms with van der Waals surface area (Å²) < 4.78 is 13.4. The number of thiocarbonyl (C=S) groups is 1. The van der Waals surface area contributed by atoms with E-state index in [0.29, 0.717) is 17.8 Å². The van der Waals surface area contributed by atoms with E-state index in [2.05, 4.69) is 58.6 Å². The molecule has 29 heavy (non-hydrogen) atoms. The van der Waals surface area contributed by atoms with Crippen molar-refractivity contribution in [3.8, 4) is 0 Å². The van der Waals surface area contributed by atoms with Gasteiger partial charge in [-0.15, -0.1) is 0 Å². The first kappa shape index (κ1) is 22.0. The number of rotatable bonds is 5. The lowest BCUT2D eigenvalue weighted by atomic mass is 9.84. The monoisotopic (exact) mass is 411 g/mol. The largest absolute Gasteiger partial charge is 0.355 e. The van der Waals surface area contributed by atoms with Crippen molar-refractivity contribution in [3.63, 3.8) is 0 Å². The summed E-state index contributed by atoms with van der Waals surface area (Å²) in [6.45, 7) is 14.5. The molecule has 0 saturated carbocycles. The highest BCUT2D eigenvalue weighted by Crippen LogP contribution is 2.38. The zero-order chi connectivity index (χ0) is 21.3. The smallest absolute Gasteiger partial charge is 0.123 e. The first-order valence-electron chi connectivity index (χ1n) is 10.9. The lowest BCUT2D eigenvalue weighted by Gasteiger charge is -2.32. The molecule has 0 amide bonds. The molecule has 0 N–H and O–H groups in total. The van der Waals surface area contributed by atoms with Crippen molar-refractivity contribution in [1.29, 1.82) is 0 Å². The molecule has 3 heteroatoms. The molecule has 1 aliphatic rings. The van der Waals surface area contributed by atoms with Gasteiger partial charge in [0.25, 0.3) is 0 Å². The third-order valence-corrected chi connectivity index (χ3v) is 6.55. The summed E-state index contributed by atoms with van der Waals surface area (Å²) in [5.74, 6) is 1.12. The van der Waals surface area contributed by atoms with E-state index in [0.717, 1.165) is 29.9 Å². The summed E-state index contributed by atoms with van der Waals surface area (Å²) in [5, 5.41) is 0. The Hall–Kier alpha value is -1.74. The molecular weight excluding hydrogens is 377 g/mol. The van der Waals surface area contributed by atoms with E-state index >= 15 is 0 Å². The molecule has 156 valence electrons. The summed E-state index contributed by atoms with van der Waals surface area (Å²) in [5.41, 5.74) is 6.51. The van der Waals surface area contributed by atoms with Crippen molar-refractivity contribution >= 4 is 17.2 Å². The lowest BCUT2D eigenvalue weighted by Crippen LogP contribution is -2.31. The molecule has 0 spiro atoms. The van der Waals surface area contributed by atoms with Crippen LogP contribution >= 0.6 is 12.2 Å². The van der Waals surface area contributed by atoms with Crippen LogP contribution in [0, 0.1) is 5.82 Å². The van der Waals surface area contributed by atoms with E-state index < -0.39 is 0 Å². The van der Waals surface area contributed by atoms with Crippen molar-refractivity contribution in [2.45, 2.75) is 78.2 Å². The second kappa shape index (κ2) is 8.95. The van der Waals surface area contributed by atoms with Gasteiger partial charge in [0.15, 0.2) is 0 Å². The fourth-order valence-corrected chi connectivity index (χ4v) is 4.84. The molecule has 0 aliphatic carbocycles. The number of halogens is 1. The van der Waals surface area contributed by atoms with Crippen molar-refractivity contribution in [2.75, 3.05) is 6.54 Å². The Morgan fingerprint density at radius 2 is 1.48 bits per heavy atom. The molecule has 3 rings (SSSR count). The molecule has 0 radical (unpaired) electrons. The van der Waals surface area contributed by atoms with Gasteiger partial charge in [-0.25, -0.2) is 4.39 Å². The van der Waals surface area contributed by atoms with Gasteiger partial charge in [-0.2, -0.15) is 0 Å². The van der Waals surface area contributed by atoms with Crippen LogP contribution in [0.4, 0.5) is 4.39 Å². The Morgan fingerprint density at radius 1 is 0.931 bits per heavy atom. The Morgan fingerprint density at radius 3 is 1.97 bits per heavy atom. The van der Waals surface area contributed by atoms with Crippen LogP contribution < -0.4 is 0 Å². The Bertz CT molecular complexity index is 838. The van der Waals surface area contributed by atoms with Crippen LogP contribution in [0.25, 0.3) is 0 Å².